The minimum atomic E-state index is 0.0907. The topological polar surface area (TPSA) is 65.4 Å². The van der Waals surface area contributed by atoms with E-state index in [9.17, 15) is 4.79 Å². The summed E-state index contributed by atoms with van der Waals surface area (Å²) >= 11 is 0. The van der Waals surface area contributed by atoms with Crippen molar-refractivity contribution in [1.29, 1.82) is 0 Å². The number of nitrogens with one attached hydrogen (secondary N) is 1. The number of fused-ring (bicyclic) bond motifs is 1. The zero-order chi connectivity index (χ0) is 19.8. The van der Waals surface area contributed by atoms with Crippen LogP contribution in [0.25, 0.3) is 11.0 Å². The monoisotopic (exact) mass is 381 g/mol. The molecule has 0 radical (unpaired) electrons. The summed E-state index contributed by atoms with van der Waals surface area (Å²) in [5.74, 6) is 2.66. The summed E-state index contributed by atoms with van der Waals surface area (Å²) in [6, 6.07) is 15.6. The van der Waals surface area contributed by atoms with Crippen LogP contribution in [0.3, 0.4) is 0 Å². The van der Waals surface area contributed by atoms with Gasteiger partial charge in [0.2, 0.25) is 5.91 Å². The number of aromatic nitrogens is 2. The van der Waals surface area contributed by atoms with Crippen molar-refractivity contribution >= 4 is 16.9 Å². The molecule has 1 N–H and O–H groups in total. The van der Waals surface area contributed by atoms with Gasteiger partial charge in [0.25, 0.3) is 0 Å². The Balaban J connectivity index is 1.65. The van der Waals surface area contributed by atoms with E-state index in [1.165, 1.54) is 0 Å². The molecule has 0 saturated heterocycles. The molecule has 1 aromatic heterocycles. The molecule has 0 aliphatic heterocycles. The van der Waals surface area contributed by atoms with E-state index in [-0.39, 0.29) is 5.91 Å². The van der Waals surface area contributed by atoms with Gasteiger partial charge in [0, 0.05) is 19.4 Å². The van der Waals surface area contributed by atoms with Gasteiger partial charge in [-0.15, -0.1) is 0 Å². The van der Waals surface area contributed by atoms with Crippen molar-refractivity contribution in [3.8, 4) is 11.5 Å². The minimum Gasteiger partial charge on any atom is -0.497 e. The molecule has 1 amide bonds. The SMILES string of the molecule is CCCC(=O)NCCc1nc2ccccc2n1CCOc1ccc(OC)cc1. The Bertz CT molecular complexity index is 903. The molecule has 6 heteroatoms. The fraction of sp³-hybridized carbons (Fsp3) is 0.364. The molecule has 28 heavy (non-hydrogen) atoms. The van der Waals surface area contributed by atoms with E-state index in [1.807, 2.05) is 49.4 Å². The van der Waals surface area contributed by atoms with E-state index in [2.05, 4.69) is 16.0 Å². The molecule has 2 aromatic carbocycles. The van der Waals surface area contributed by atoms with Crippen LogP contribution in [0.1, 0.15) is 25.6 Å². The second-order valence-corrected chi connectivity index (χ2v) is 6.54. The highest BCUT2D eigenvalue weighted by molar-refractivity contribution is 5.76. The highest BCUT2D eigenvalue weighted by Gasteiger charge is 2.11. The van der Waals surface area contributed by atoms with Gasteiger partial charge in [0.15, 0.2) is 0 Å². The van der Waals surface area contributed by atoms with Crippen molar-refractivity contribution in [3.63, 3.8) is 0 Å². The van der Waals surface area contributed by atoms with E-state index in [1.54, 1.807) is 7.11 Å². The van der Waals surface area contributed by atoms with E-state index in [0.717, 1.165) is 34.8 Å². The maximum Gasteiger partial charge on any atom is 0.219 e. The lowest BCUT2D eigenvalue weighted by molar-refractivity contribution is -0.121. The van der Waals surface area contributed by atoms with Crippen molar-refractivity contribution in [1.82, 2.24) is 14.9 Å². The Hall–Kier alpha value is -3.02. The van der Waals surface area contributed by atoms with Crippen LogP contribution < -0.4 is 14.8 Å². The zero-order valence-electron chi connectivity index (χ0n) is 16.5. The number of benzene rings is 2. The van der Waals surface area contributed by atoms with Gasteiger partial charge in [-0.2, -0.15) is 0 Å². The van der Waals surface area contributed by atoms with Gasteiger partial charge in [-0.3, -0.25) is 4.79 Å². The van der Waals surface area contributed by atoms with Gasteiger partial charge < -0.3 is 19.4 Å². The standard InChI is InChI=1S/C22H27N3O3/c1-3-6-22(26)23-14-13-21-24-19-7-4-5-8-20(19)25(21)15-16-28-18-11-9-17(27-2)10-12-18/h4-5,7-12H,3,6,13-16H2,1-2H3,(H,23,26). The summed E-state index contributed by atoms with van der Waals surface area (Å²) in [5.41, 5.74) is 2.04. The van der Waals surface area contributed by atoms with Crippen LogP contribution >= 0.6 is 0 Å². The first kappa shape index (κ1) is 19.7. The van der Waals surface area contributed by atoms with Crippen LogP contribution in [0.4, 0.5) is 0 Å². The third-order valence-electron chi connectivity index (χ3n) is 4.52. The number of ether oxygens (including phenoxy) is 2. The van der Waals surface area contributed by atoms with Gasteiger partial charge >= 0.3 is 0 Å². The molecule has 0 bridgehead atoms. The van der Waals surface area contributed by atoms with Crippen LogP contribution in [0.15, 0.2) is 48.5 Å². The van der Waals surface area contributed by atoms with Crippen LogP contribution in [0.5, 0.6) is 11.5 Å². The lowest BCUT2D eigenvalue weighted by Crippen LogP contribution is -2.26. The number of amides is 1. The van der Waals surface area contributed by atoms with Crippen LogP contribution in [-0.4, -0.2) is 35.7 Å². The second-order valence-electron chi connectivity index (χ2n) is 6.54. The number of methoxy groups -OCH3 is 1. The van der Waals surface area contributed by atoms with Crippen LogP contribution in [0, 0.1) is 0 Å². The van der Waals surface area contributed by atoms with Crippen LogP contribution in [0.2, 0.25) is 0 Å². The Morgan fingerprint density at radius 2 is 1.86 bits per heavy atom. The smallest absolute Gasteiger partial charge is 0.219 e. The van der Waals surface area contributed by atoms with Crippen molar-refractivity contribution in [2.24, 2.45) is 0 Å². The largest absolute Gasteiger partial charge is 0.497 e. The molecule has 3 rings (SSSR count). The number of carbonyl (C=O) groups excluding carboxylic acids is 1. The van der Waals surface area contributed by atoms with Crippen LogP contribution in [-0.2, 0) is 17.8 Å². The van der Waals surface area contributed by atoms with E-state index < -0.39 is 0 Å². The number of para-hydroxylation sites is 2. The Kier molecular flexibility index (Phi) is 6.89. The molecule has 0 atom stereocenters. The van der Waals surface area contributed by atoms with Gasteiger partial charge in [0.05, 0.1) is 24.7 Å². The second kappa shape index (κ2) is 9.78. The van der Waals surface area contributed by atoms with Gasteiger partial charge in [-0.1, -0.05) is 19.1 Å². The Morgan fingerprint density at radius 3 is 2.61 bits per heavy atom. The first-order chi connectivity index (χ1) is 13.7. The molecule has 0 spiro atoms. The molecular formula is C22H27N3O3. The highest BCUT2D eigenvalue weighted by Crippen LogP contribution is 2.19. The lowest BCUT2D eigenvalue weighted by Gasteiger charge is -2.11. The molecular weight excluding hydrogens is 354 g/mol. The first-order valence-electron chi connectivity index (χ1n) is 9.69. The Morgan fingerprint density at radius 1 is 1.11 bits per heavy atom. The average molecular weight is 381 g/mol. The quantitative estimate of drug-likeness (QED) is 0.583. The fourth-order valence-electron chi connectivity index (χ4n) is 3.12. The molecule has 0 fully saturated rings. The van der Waals surface area contributed by atoms with E-state index in [0.29, 0.717) is 32.5 Å². The number of hydrogen-bond donors (Lipinski definition) is 1. The number of hydrogen-bond acceptors (Lipinski definition) is 4. The van der Waals surface area contributed by atoms with E-state index >= 15 is 0 Å². The Labute approximate surface area is 165 Å². The highest BCUT2D eigenvalue weighted by atomic mass is 16.5. The summed E-state index contributed by atoms with van der Waals surface area (Å²) in [6.07, 6.45) is 2.10. The van der Waals surface area contributed by atoms with Gasteiger partial charge in [-0.25, -0.2) is 4.98 Å². The van der Waals surface area contributed by atoms with Gasteiger partial charge in [0.1, 0.15) is 23.9 Å². The number of nitrogens with zero attached hydrogens (tertiary/aromatic N) is 2. The molecule has 0 saturated carbocycles. The zero-order valence-corrected chi connectivity index (χ0v) is 16.5. The summed E-state index contributed by atoms with van der Waals surface area (Å²) in [6.45, 7) is 3.80. The maximum absolute atomic E-state index is 11.7. The molecule has 0 aliphatic rings. The molecule has 148 valence electrons. The first-order valence-corrected chi connectivity index (χ1v) is 9.69. The van der Waals surface area contributed by atoms with Crippen molar-refractivity contribution < 1.29 is 14.3 Å². The van der Waals surface area contributed by atoms with Gasteiger partial charge in [-0.05, 0) is 42.8 Å². The number of rotatable bonds is 10. The molecule has 0 unspecified atom stereocenters. The fourth-order valence-corrected chi connectivity index (χ4v) is 3.12. The number of carbonyl (C=O) groups is 1. The number of imidazole rings is 1. The normalized spacial score (nSPS) is 10.8. The maximum atomic E-state index is 11.7. The summed E-state index contributed by atoms with van der Waals surface area (Å²) in [7, 11) is 1.65. The minimum absolute atomic E-state index is 0.0907. The third-order valence-corrected chi connectivity index (χ3v) is 4.52. The van der Waals surface area contributed by atoms with Crippen molar-refractivity contribution in [3.05, 3.63) is 54.4 Å². The average Bonchev–Trinajstić information content (AvgIpc) is 3.06. The van der Waals surface area contributed by atoms with Crippen molar-refractivity contribution in [2.45, 2.75) is 32.7 Å². The van der Waals surface area contributed by atoms with E-state index in [4.69, 9.17) is 14.5 Å². The predicted molar refractivity (Wildman–Crippen MR) is 110 cm³/mol. The third kappa shape index (κ3) is 5.03. The molecule has 1 heterocycles. The summed E-state index contributed by atoms with van der Waals surface area (Å²) < 4.78 is 13.2. The molecule has 3 aromatic rings. The molecule has 6 nitrogen and oxygen atoms in total. The van der Waals surface area contributed by atoms with Crippen molar-refractivity contribution in [2.75, 3.05) is 20.3 Å². The lowest BCUT2D eigenvalue weighted by atomic mass is 10.3. The summed E-state index contributed by atoms with van der Waals surface area (Å²) in [5, 5.41) is 2.96. The summed E-state index contributed by atoms with van der Waals surface area (Å²) in [4.78, 5) is 16.4. The predicted octanol–water partition coefficient (Wildman–Crippen LogP) is 3.58. The molecule has 0 aliphatic carbocycles.